The maximum atomic E-state index is 11.9. The molecule has 0 aliphatic heterocycles. The van der Waals surface area contributed by atoms with Crippen molar-refractivity contribution in [1.29, 1.82) is 0 Å². The molecule has 0 aliphatic carbocycles. The van der Waals surface area contributed by atoms with E-state index in [1.807, 2.05) is 19.1 Å². The molecule has 1 amide bonds. The minimum Gasteiger partial charge on any atom is -0.399 e. The molecule has 0 bridgehead atoms. The SMILES string of the molecule is CC(C)C(C)OCCC(=O)Nc1nc2ccc(N)cc2s1. The van der Waals surface area contributed by atoms with Crippen LogP contribution in [0.3, 0.4) is 0 Å². The summed E-state index contributed by atoms with van der Waals surface area (Å²) in [4.78, 5) is 16.2. The maximum absolute atomic E-state index is 11.9. The number of nitrogen functional groups attached to an aromatic ring is 1. The van der Waals surface area contributed by atoms with Crippen LogP contribution in [0.4, 0.5) is 10.8 Å². The molecular weight excluding hydrogens is 286 g/mol. The summed E-state index contributed by atoms with van der Waals surface area (Å²) in [7, 11) is 0. The van der Waals surface area contributed by atoms with Crippen LogP contribution in [0.2, 0.25) is 0 Å². The summed E-state index contributed by atoms with van der Waals surface area (Å²) in [5.74, 6) is 0.362. The van der Waals surface area contributed by atoms with E-state index in [-0.39, 0.29) is 12.0 Å². The first-order valence-corrected chi connectivity index (χ1v) is 7.85. The van der Waals surface area contributed by atoms with Crippen LogP contribution >= 0.6 is 11.3 Å². The molecule has 1 aromatic carbocycles. The highest BCUT2D eigenvalue weighted by Crippen LogP contribution is 2.27. The number of aromatic nitrogens is 1. The predicted octanol–water partition coefficient (Wildman–Crippen LogP) is 3.27. The lowest BCUT2D eigenvalue weighted by Gasteiger charge is -2.15. The van der Waals surface area contributed by atoms with Gasteiger partial charge < -0.3 is 15.8 Å². The van der Waals surface area contributed by atoms with Crippen LogP contribution in [-0.4, -0.2) is 23.6 Å². The number of carbonyl (C=O) groups excluding carboxylic acids is 1. The molecule has 3 N–H and O–H groups in total. The molecule has 0 saturated heterocycles. The Bertz CT molecular complexity index is 624. The third-order valence-electron chi connectivity index (χ3n) is 3.31. The first-order chi connectivity index (χ1) is 9.95. The fourth-order valence-corrected chi connectivity index (χ4v) is 2.64. The second-order valence-electron chi connectivity index (χ2n) is 5.36. The van der Waals surface area contributed by atoms with Crippen molar-refractivity contribution < 1.29 is 9.53 Å². The Morgan fingerprint density at radius 1 is 1.43 bits per heavy atom. The number of nitrogens with one attached hydrogen (secondary N) is 1. The second-order valence-corrected chi connectivity index (χ2v) is 6.39. The Kier molecular flexibility index (Phi) is 5.14. The molecule has 1 heterocycles. The van der Waals surface area contributed by atoms with Crippen LogP contribution in [0.25, 0.3) is 10.2 Å². The van der Waals surface area contributed by atoms with E-state index < -0.39 is 0 Å². The molecule has 114 valence electrons. The number of rotatable bonds is 6. The van der Waals surface area contributed by atoms with E-state index in [4.69, 9.17) is 10.5 Å². The highest BCUT2D eigenvalue weighted by molar-refractivity contribution is 7.22. The highest BCUT2D eigenvalue weighted by Gasteiger charge is 2.10. The van der Waals surface area contributed by atoms with Crippen molar-refractivity contribution in [2.75, 3.05) is 17.7 Å². The van der Waals surface area contributed by atoms with Gasteiger partial charge in [-0.3, -0.25) is 4.79 Å². The normalized spacial score (nSPS) is 12.8. The maximum Gasteiger partial charge on any atom is 0.228 e. The van der Waals surface area contributed by atoms with Crippen molar-refractivity contribution >= 4 is 38.3 Å². The molecule has 1 unspecified atom stereocenters. The van der Waals surface area contributed by atoms with Gasteiger partial charge in [-0.25, -0.2) is 4.98 Å². The molecule has 1 aromatic heterocycles. The van der Waals surface area contributed by atoms with E-state index in [9.17, 15) is 4.79 Å². The Morgan fingerprint density at radius 3 is 2.90 bits per heavy atom. The number of hydrogen-bond donors (Lipinski definition) is 2. The highest BCUT2D eigenvalue weighted by atomic mass is 32.1. The van der Waals surface area contributed by atoms with Crippen LogP contribution in [-0.2, 0) is 9.53 Å². The van der Waals surface area contributed by atoms with Gasteiger partial charge in [-0.1, -0.05) is 25.2 Å². The number of amides is 1. The van der Waals surface area contributed by atoms with Crippen molar-refractivity contribution in [2.24, 2.45) is 5.92 Å². The van der Waals surface area contributed by atoms with Gasteiger partial charge in [0.25, 0.3) is 0 Å². The monoisotopic (exact) mass is 307 g/mol. The zero-order valence-corrected chi connectivity index (χ0v) is 13.4. The number of hydrogen-bond acceptors (Lipinski definition) is 5. The Labute approximate surface area is 128 Å². The number of ether oxygens (including phenoxy) is 1. The van der Waals surface area contributed by atoms with Gasteiger partial charge >= 0.3 is 0 Å². The number of anilines is 2. The predicted molar refractivity (Wildman–Crippen MR) is 87.5 cm³/mol. The molecule has 1 atom stereocenters. The number of thiazole rings is 1. The molecule has 21 heavy (non-hydrogen) atoms. The first-order valence-electron chi connectivity index (χ1n) is 7.03. The Hall–Kier alpha value is -1.66. The summed E-state index contributed by atoms with van der Waals surface area (Å²) in [6.45, 7) is 6.62. The van der Waals surface area contributed by atoms with E-state index in [0.717, 1.165) is 10.2 Å². The second kappa shape index (κ2) is 6.87. The quantitative estimate of drug-likeness (QED) is 0.803. The topological polar surface area (TPSA) is 77.2 Å². The Balaban J connectivity index is 1.86. The van der Waals surface area contributed by atoms with Crippen molar-refractivity contribution in [1.82, 2.24) is 4.98 Å². The van der Waals surface area contributed by atoms with Crippen molar-refractivity contribution in [3.63, 3.8) is 0 Å². The molecule has 2 rings (SSSR count). The molecule has 0 aliphatic rings. The minimum absolute atomic E-state index is 0.0852. The van der Waals surface area contributed by atoms with E-state index in [0.29, 0.717) is 29.8 Å². The molecule has 0 saturated carbocycles. The summed E-state index contributed by atoms with van der Waals surface area (Å²) in [6, 6.07) is 5.51. The summed E-state index contributed by atoms with van der Waals surface area (Å²) in [6.07, 6.45) is 0.484. The zero-order valence-electron chi connectivity index (χ0n) is 12.6. The molecule has 0 fully saturated rings. The lowest BCUT2D eigenvalue weighted by molar-refractivity contribution is -0.117. The molecule has 6 heteroatoms. The lowest BCUT2D eigenvalue weighted by atomic mass is 10.1. The average molecular weight is 307 g/mol. The first kappa shape index (κ1) is 15.7. The summed E-state index contributed by atoms with van der Waals surface area (Å²) < 4.78 is 6.56. The van der Waals surface area contributed by atoms with Gasteiger partial charge in [-0.2, -0.15) is 0 Å². The number of nitrogens with two attached hydrogens (primary N) is 1. The third kappa shape index (κ3) is 4.41. The zero-order chi connectivity index (χ0) is 15.4. The van der Waals surface area contributed by atoms with Crippen LogP contribution in [0.15, 0.2) is 18.2 Å². The van der Waals surface area contributed by atoms with Crippen LogP contribution < -0.4 is 11.1 Å². The van der Waals surface area contributed by atoms with Crippen molar-refractivity contribution in [3.05, 3.63) is 18.2 Å². The van der Waals surface area contributed by atoms with Gasteiger partial charge in [0.1, 0.15) is 0 Å². The summed E-state index contributed by atoms with van der Waals surface area (Å²) >= 11 is 1.42. The van der Waals surface area contributed by atoms with Crippen molar-refractivity contribution in [3.8, 4) is 0 Å². The molecule has 0 spiro atoms. The van der Waals surface area contributed by atoms with Gasteiger partial charge in [0.05, 0.1) is 29.3 Å². The number of carbonyl (C=O) groups is 1. The van der Waals surface area contributed by atoms with E-state index in [2.05, 4.69) is 24.1 Å². The number of fused-ring (bicyclic) bond motifs is 1. The lowest BCUT2D eigenvalue weighted by Crippen LogP contribution is -2.20. The Morgan fingerprint density at radius 2 is 2.19 bits per heavy atom. The molecule has 2 aromatic rings. The van der Waals surface area contributed by atoms with Gasteiger partial charge in [-0.05, 0) is 31.0 Å². The minimum atomic E-state index is -0.0852. The smallest absolute Gasteiger partial charge is 0.228 e. The van der Waals surface area contributed by atoms with Gasteiger partial charge in [-0.15, -0.1) is 0 Å². The number of benzene rings is 1. The average Bonchev–Trinajstić information content (AvgIpc) is 2.79. The van der Waals surface area contributed by atoms with Gasteiger partial charge in [0, 0.05) is 5.69 Å². The number of nitrogens with zero attached hydrogens (tertiary/aromatic N) is 1. The third-order valence-corrected chi connectivity index (χ3v) is 4.24. The summed E-state index contributed by atoms with van der Waals surface area (Å²) in [5.41, 5.74) is 7.26. The van der Waals surface area contributed by atoms with Crippen molar-refractivity contribution in [2.45, 2.75) is 33.3 Å². The van der Waals surface area contributed by atoms with E-state index in [1.54, 1.807) is 6.07 Å². The van der Waals surface area contributed by atoms with Gasteiger partial charge in [0.15, 0.2) is 5.13 Å². The van der Waals surface area contributed by atoms with Crippen LogP contribution in [0, 0.1) is 5.92 Å². The van der Waals surface area contributed by atoms with Crippen LogP contribution in [0.5, 0.6) is 0 Å². The molecule has 5 nitrogen and oxygen atoms in total. The fraction of sp³-hybridized carbons (Fsp3) is 0.467. The fourth-order valence-electron chi connectivity index (χ4n) is 1.71. The molecule has 0 radical (unpaired) electrons. The van der Waals surface area contributed by atoms with Crippen LogP contribution in [0.1, 0.15) is 27.2 Å². The van der Waals surface area contributed by atoms with E-state index >= 15 is 0 Å². The summed E-state index contributed by atoms with van der Waals surface area (Å²) in [5, 5.41) is 3.40. The molecular formula is C15H21N3O2S. The standard InChI is InChI=1S/C15H21N3O2S/c1-9(2)10(3)20-7-6-14(19)18-15-17-12-5-4-11(16)8-13(12)21-15/h4-5,8-10H,6-7,16H2,1-3H3,(H,17,18,19). The largest absolute Gasteiger partial charge is 0.399 e. The van der Waals surface area contributed by atoms with E-state index in [1.165, 1.54) is 11.3 Å². The van der Waals surface area contributed by atoms with Gasteiger partial charge in [0.2, 0.25) is 5.91 Å².